The molecule has 0 saturated heterocycles. The zero-order chi connectivity index (χ0) is 18.8. The van der Waals surface area contributed by atoms with E-state index >= 15 is 0 Å². The van der Waals surface area contributed by atoms with E-state index in [4.69, 9.17) is 4.74 Å². The minimum atomic E-state index is -3.70. The first-order valence-electron chi connectivity index (χ1n) is 7.62. The first-order valence-corrected chi connectivity index (χ1v) is 9.85. The molecular weight excluding hydrogens is 431 g/mol. The van der Waals surface area contributed by atoms with Gasteiger partial charge in [0.15, 0.2) is 0 Å². The van der Waals surface area contributed by atoms with Gasteiger partial charge < -0.3 is 11.1 Å². The molecule has 0 fully saturated rings. The smallest absolute Gasteiger partial charge is 1.00 e. The van der Waals surface area contributed by atoms with Crippen LogP contribution < -0.4 is 29.6 Å². The van der Waals surface area contributed by atoms with E-state index in [2.05, 4.69) is 15.9 Å². The van der Waals surface area contributed by atoms with Gasteiger partial charge in [0, 0.05) is 13.2 Å². The summed E-state index contributed by atoms with van der Waals surface area (Å²) in [6.07, 6.45) is 1.02. The first kappa shape index (κ1) is 23.2. The molecule has 0 bridgehead atoms. The SMILES string of the molecule is CN(Cc1cc(Br)n(S(=O)(=O)c2ccccc2)c1)C(=O)OC(C)(C)C.[H-].[Na+]. The van der Waals surface area contributed by atoms with Crippen LogP contribution in [0.2, 0.25) is 0 Å². The van der Waals surface area contributed by atoms with Gasteiger partial charge in [-0.2, -0.15) is 0 Å². The fourth-order valence-corrected chi connectivity index (χ4v) is 4.37. The van der Waals surface area contributed by atoms with Crippen molar-refractivity contribution >= 4 is 32.0 Å². The molecule has 0 aliphatic rings. The minimum absolute atomic E-state index is 0. The van der Waals surface area contributed by atoms with Crippen LogP contribution in [0.3, 0.4) is 0 Å². The molecular formula is C17H22BrN2NaO4S. The summed E-state index contributed by atoms with van der Waals surface area (Å²) in [5, 5.41) is 0. The van der Waals surface area contributed by atoms with Crippen molar-refractivity contribution in [2.75, 3.05) is 7.05 Å². The van der Waals surface area contributed by atoms with Crippen molar-refractivity contribution in [3.05, 3.63) is 52.8 Å². The van der Waals surface area contributed by atoms with Crippen LogP contribution in [0.15, 0.2) is 52.1 Å². The quantitative estimate of drug-likeness (QED) is 0.648. The number of halogens is 1. The topological polar surface area (TPSA) is 68.6 Å². The number of amides is 1. The molecule has 1 amide bonds. The monoisotopic (exact) mass is 452 g/mol. The molecule has 138 valence electrons. The predicted molar refractivity (Wildman–Crippen MR) is 100.0 cm³/mol. The summed E-state index contributed by atoms with van der Waals surface area (Å²) in [6.45, 7) is 5.60. The fraction of sp³-hybridized carbons (Fsp3) is 0.353. The molecule has 1 heterocycles. The summed E-state index contributed by atoms with van der Waals surface area (Å²) in [5.41, 5.74) is 0.0776. The minimum Gasteiger partial charge on any atom is -1.00 e. The van der Waals surface area contributed by atoms with Gasteiger partial charge in [0.2, 0.25) is 0 Å². The Hall–Kier alpha value is -0.800. The van der Waals surface area contributed by atoms with E-state index in [0.29, 0.717) is 10.2 Å². The summed E-state index contributed by atoms with van der Waals surface area (Å²) >= 11 is 3.28. The molecule has 6 nitrogen and oxygen atoms in total. The van der Waals surface area contributed by atoms with Crippen molar-refractivity contribution < 1.29 is 48.9 Å². The summed E-state index contributed by atoms with van der Waals surface area (Å²) in [5.74, 6) is 0. The molecule has 0 aliphatic heterocycles. The Labute approximate surface area is 186 Å². The molecule has 2 rings (SSSR count). The number of rotatable bonds is 4. The molecule has 2 aromatic rings. The summed E-state index contributed by atoms with van der Waals surface area (Å²) in [7, 11) is -2.10. The summed E-state index contributed by atoms with van der Waals surface area (Å²) in [6, 6.07) is 9.83. The Morgan fingerprint density at radius 3 is 2.38 bits per heavy atom. The van der Waals surface area contributed by atoms with Crippen LogP contribution in [-0.2, 0) is 21.3 Å². The summed E-state index contributed by atoms with van der Waals surface area (Å²) < 4.78 is 32.2. The number of nitrogens with zero attached hydrogens (tertiary/aromatic N) is 2. The maximum Gasteiger partial charge on any atom is 1.00 e. The Morgan fingerprint density at radius 2 is 1.85 bits per heavy atom. The van der Waals surface area contributed by atoms with Crippen molar-refractivity contribution in [1.29, 1.82) is 0 Å². The third-order valence-corrected chi connectivity index (χ3v) is 5.76. The molecule has 0 saturated carbocycles. The molecule has 0 radical (unpaired) electrons. The van der Waals surface area contributed by atoms with Gasteiger partial charge in [0.25, 0.3) is 10.0 Å². The van der Waals surface area contributed by atoms with Crippen LogP contribution in [-0.4, -0.2) is 36.0 Å². The van der Waals surface area contributed by atoms with Gasteiger partial charge in [0.1, 0.15) is 10.2 Å². The molecule has 0 unspecified atom stereocenters. The third kappa shape index (κ3) is 5.85. The van der Waals surface area contributed by atoms with Crippen LogP contribution in [0, 0.1) is 0 Å². The molecule has 0 N–H and O–H groups in total. The van der Waals surface area contributed by atoms with Gasteiger partial charge >= 0.3 is 35.7 Å². The Balaban J connectivity index is 0.00000338. The standard InChI is InChI=1S/C17H21BrN2O4S.Na.H/c1-17(2,3)24-16(21)19(4)11-13-10-15(18)20(12-13)25(22,23)14-8-6-5-7-9-14;;/h5-10,12H,11H2,1-4H3;;/q;+1;-1. The Kier molecular flexibility index (Phi) is 7.98. The number of aromatic nitrogens is 1. The second-order valence-corrected chi connectivity index (χ2v) is 9.25. The van der Waals surface area contributed by atoms with Gasteiger partial charge in [-0.25, -0.2) is 17.2 Å². The van der Waals surface area contributed by atoms with Crippen LogP contribution in [0.4, 0.5) is 4.79 Å². The van der Waals surface area contributed by atoms with Gasteiger partial charge in [0.05, 0.1) is 11.4 Å². The van der Waals surface area contributed by atoms with Crippen LogP contribution >= 0.6 is 15.9 Å². The largest absolute Gasteiger partial charge is 1.00 e. The molecule has 0 atom stereocenters. The van der Waals surface area contributed by atoms with Gasteiger partial charge in [-0.1, -0.05) is 18.2 Å². The first-order chi connectivity index (χ1) is 11.5. The van der Waals surface area contributed by atoms with E-state index in [9.17, 15) is 13.2 Å². The van der Waals surface area contributed by atoms with Gasteiger partial charge in [-0.3, -0.25) is 0 Å². The van der Waals surface area contributed by atoms with Crippen molar-refractivity contribution in [3.63, 3.8) is 0 Å². The van der Waals surface area contributed by atoms with E-state index in [-0.39, 0.29) is 42.4 Å². The van der Waals surface area contributed by atoms with E-state index in [1.54, 1.807) is 52.1 Å². The van der Waals surface area contributed by atoms with Gasteiger partial charge in [-0.15, -0.1) is 0 Å². The van der Waals surface area contributed by atoms with Crippen molar-refractivity contribution in [3.8, 4) is 0 Å². The average molecular weight is 453 g/mol. The Morgan fingerprint density at radius 1 is 1.27 bits per heavy atom. The van der Waals surface area contributed by atoms with Crippen LogP contribution in [0.25, 0.3) is 0 Å². The number of benzene rings is 1. The van der Waals surface area contributed by atoms with E-state index in [1.807, 2.05) is 0 Å². The predicted octanol–water partition coefficient (Wildman–Crippen LogP) is 0.971. The Bertz CT molecular complexity index is 867. The summed E-state index contributed by atoms with van der Waals surface area (Å²) in [4.78, 5) is 13.6. The number of hydrogen-bond donors (Lipinski definition) is 0. The van der Waals surface area contributed by atoms with Gasteiger partial charge in [-0.05, 0) is 60.5 Å². The molecule has 26 heavy (non-hydrogen) atoms. The van der Waals surface area contributed by atoms with Crippen molar-refractivity contribution in [2.24, 2.45) is 0 Å². The molecule has 9 heteroatoms. The molecule has 1 aromatic carbocycles. The number of carbonyl (C=O) groups is 1. The number of ether oxygens (including phenoxy) is 1. The van der Waals surface area contributed by atoms with Crippen LogP contribution in [0.5, 0.6) is 0 Å². The maximum atomic E-state index is 12.7. The number of hydrogen-bond acceptors (Lipinski definition) is 4. The van der Waals surface area contributed by atoms with Crippen molar-refractivity contribution in [2.45, 2.75) is 37.8 Å². The maximum absolute atomic E-state index is 12.7. The van der Waals surface area contributed by atoms with Crippen molar-refractivity contribution in [1.82, 2.24) is 8.87 Å². The second kappa shape index (κ2) is 8.93. The average Bonchev–Trinajstić information content (AvgIpc) is 2.87. The van der Waals surface area contributed by atoms with E-state index in [0.717, 1.165) is 3.97 Å². The van der Waals surface area contributed by atoms with E-state index < -0.39 is 21.7 Å². The normalized spacial score (nSPS) is 11.6. The van der Waals surface area contributed by atoms with Crippen LogP contribution in [0.1, 0.15) is 27.8 Å². The van der Waals surface area contributed by atoms with E-state index in [1.165, 1.54) is 23.2 Å². The third-order valence-electron chi connectivity index (χ3n) is 3.22. The second-order valence-electron chi connectivity index (χ2n) is 6.62. The number of carbonyl (C=O) groups excluding carboxylic acids is 1. The zero-order valence-electron chi connectivity index (χ0n) is 16.6. The zero-order valence-corrected chi connectivity index (χ0v) is 20.0. The molecule has 1 aromatic heterocycles. The fourth-order valence-electron chi connectivity index (χ4n) is 2.12. The molecule has 0 aliphatic carbocycles. The molecule has 0 spiro atoms.